The van der Waals surface area contributed by atoms with Crippen LogP contribution in [0.15, 0.2) is 54.6 Å². The maximum atomic E-state index is 6.07. The molecule has 2 aromatic carbocycles. The van der Waals surface area contributed by atoms with Gasteiger partial charge in [0.2, 0.25) is 0 Å². The number of aromatic nitrogens is 2. The van der Waals surface area contributed by atoms with Crippen LogP contribution < -0.4 is 0 Å². The van der Waals surface area contributed by atoms with E-state index in [1.165, 1.54) is 0 Å². The number of nitrogens with one attached hydrogen (secondary N) is 1. The zero-order chi connectivity index (χ0) is 14.8. The van der Waals surface area contributed by atoms with Gasteiger partial charge < -0.3 is 4.98 Å². The van der Waals surface area contributed by atoms with Crippen LogP contribution in [0, 0.1) is 4.64 Å². The zero-order valence-corrected chi connectivity index (χ0v) is 13.1. The molecule has 1 aromatic heterocycles. The van der Waals surface area contributed by atoms with Crippen LogP contribution >= 0.6 is 35.4 Å². The molecular formula is C16H10Cl2N2S. The second-order valence-electron chi connectivity index (χ2n) is 4.48. The summed E-state index contributed by atoms with van der Waals surface area (Å²) in [4.78, 5) is 7.65. The van der Waals surface area contributed by atoms with Crippen molar-refractivity contribution >= 4 is 35.4 Å². The van der Waals surface area contributed by atoms with Gasteiger partial charge in [-0.25, -0.2) is 4.98 Å². The maximum Gasteiger partial charge on any atom is 0.139 e. The molecular weight excluding hydrogens is 323 g/mol. The Balaban J connectivity index is 2.14. The summed E-state index contributed by atoms with van der Waals surface area (Å²) in [5, 5.41) is 1.03. The Morgan fingerprint density at radius 1 is 0.857 bits per heavy atom. The molecule has 0 bridgehead atoms. The number of nitrogens with zero attached hydrogens (tertiary/aromatic N) is 1. The summed E-state index contributed by atoms with van der Waals surface area (Å²) >= 11 is 17.3. The summed E-state index contributed by atoms with van der Waals surface area (Å²) in [7, 11) is 0. The summed E-state index contributed by atoms with van der Waals surface area (Å²) < 4.78 is 0.522. The van der Waals surface area contributed by atoms with E-state index in [0.29, 0.717) is 14.7 Å². The van der Waals surface area contributed by atoms with E-state index in [-0.39, 0.29) is 0 Å². The highest BCUT2D eigenvalue weighted by atomic mass is 35.5. The SMILES string of the molecule is S=c1cc(-c2ccc(Cl)c(Cl)c2)[nH]c(-c2ccccc2)n1. The molecule has 0 saturated carbocycles. The Bertz CT molecular complexity index is 844. The van der Waals surface area contributed by atoms with Gasteiger partial charge in [0.15, 0.2) is 0 Å². The van der Waals surface area contributed by atoms with Gasteiger partial charge in [-0.2, -0.15) is 0 Å². The van der Waals surface area contributed by atoms with Crippen molar-refractivity contribution in [2.45, 2.75) is 0 Å². The van der Waals surface area contributed by atoms with E-state index in [4.69, 9.17) is 35.4 Å². The monoisotopic (exact) mass is 332 g/mol. The van der Waals surface area contributed by atoms with Crippen LogP contribution in [0.1, 0.15) is 0 Å². The van der Waals surface area contributed by atoms with E-state index < -0.39 is 0 Å². The normalized spacial score (nSPS) is 10.6. The quantitative estimate of drug-likeness (QED) is 0.602. The molecule has 0 unspecified atom stereocenters. The molecule has 0 aliphatic carbocycles. The minimum Gasteiger partial charge on any atom is -0.339 e. The first-order valence-corrected chi connectivity index (χ1v) is 7.42. The van der Waals surface area contributed by atoms with Gasteiger partial charge in [-0.3, -0.25) is 0 Å². The van der Waals surface area contributed by atoms with Crippen LogP contribution in [0.3, 0.4) is 0 Å². The van der Waals surface area contributed by atoms with Gasteiger partial charge in [-0.15, -0.1) is 0 Å². The van der Waals surface area contributed by atoms with E-state index in [2.05, 4.69) is 9.97 Å². The molecule has 2 nitrogen and oxygen atoms in total. The van der Waals surface area contributed by atoms with Crippen molar-refractivity contribution in [1.82, 2.24) is 9.97 Å². The summed E-state index contributed by atoms with van der Waals surface area (Å²) in [6.07, 6.45) is 0. The molecule has 3 rings (SSSR count). The Labute approximate surface area is 137 Å². The van der Waals surface area contributed by atoms with E-state index in [0.717, 1.165) is 22.6 Å². The van der Waals surface area contributed by atoms with Crippen LogP contribution in [0.4, 0.5) is 0 Å². The number of rotatable bonds is 2. The molecule has 1 heterocycles. The zero-order valence-electron chi connectivity index (χ0n) is 10.8. The Hall–Kier alpha value is -1.68. The number of aromatic amines is 1. The number of halogens is 2. The molecule has 0 amide bonds. The van der Waals surface area contributed by atoms with E-state index in [9.17, 15) is 0 Å². The van der Waals surface area contributed by atoms with Crippen molar-refractivity contribution in [3.05, 3.63) is 69.3 Å². The fourth-order valence-electron chi connectivity index (χ4n) is 2.01. The molecule has 0 radical (unpaired) electrons. The van der Waals surface area contributed by atoms with Crippen molar-refractivity contribution in [2.75, 3.05) is 0 Å². The largest absolute Gasteiger partial charge is 0.339 e. The van der Waals surface area contributed by atoms with E-state index in [1.54, 1.807) is 18.2 Å². The lowest BCUT2D eigenvalue weighted by Gasteiger charge is -2.07. The number of hydrogen-bond acceptors (Lipinski definition) is 2. The molecule has 0 saturated heterocycles. The topological polar surface area (TPSA) is 28.7 Å². The number of H-pyrrole nitrogens is 1. The second kappa shape index (κ2) is 5.98. The lowest BCUT2D eigenvalue weighted by molar-refractivity contribution is 1.16. The molecule has 104 valence electrons. The first kappa shape index (κ1) is 14.3. The summed E-state index contributed by atoms with van der Waals surface area (Å²) in [5.41, 5.74) is 2.74. The van der Waals surface area contributed by atoms with Gasteiger partial charge >= 0.3 is 0 Å². The minimum atomic E-state index is 0.506. The van der Waals surface area contributed by atoms with Crippen molar-refractivity contribution in [3.63, 3.8) is 0 Å². The Morgan fingerprint density at radius 3 is 2.33 bits per heavy atom. The predicted octanol–water partition coefficient (Wildman–Crippen LogP) is 5.78. The third-order valence-electron chi connectivity index (χ3n) is 3.02. The van der Waals surface area contributed by atoms with Gasteiger partial charge in [0.1, 0.15) is 10.5 Å². The van der Waals surface area contributed by atoms with Crippen molar-refractivity contribution < 1.29 is 0 Å². The summed E-state index contributed by atoms with van der Waals surface area (Å²) in [6.45, 7) is 0. The highest BCUT2D eigenvalue weighted by Gasteiger charge is 2.06. The Kier molecular flexibility index (Phi) is 4.06. The standard InChI is InChI=1S/C16H10Cl2N2S/c17-12-7-6-11(8-13(12)18)14-9-15(21)20-16(19-14)10-4-2-1-3-5-10/h1-9H,(H,19,20,21). The van der Waals surface area contributed by atoms with E-state index >= 15 is 0 Å². The van der Waals surface area contributed by atoms with Crippen LogP contribution in [-0.4, -0.2) is 9.97 Å². The smallest absolute Gasteiger partial charge is 0.139 e. The average Bonchev–Trinajstić information content (AvgIpc) is 2.50. The third kappa shape index (κ3) is 3.16. The number of benzene rings is 2. The molecule has 3 aromatic rings. The summed E-state index contributed by atoms with van der Waals surface area (Å²) in [5.74, 6) is 0.726. The molecule has 0 fully saturated rings. The van der Waals surface area contributed by atoms with E-state index in [1.807, 2.05) is 36.4 Å². The molecule has 0 aliphatic rings. The maximum absolute atomic E-state index is 6.07. The van der Waals surface area contributed by atoms with Gasteiger partial charge in [-0.05, 0) is 23.8 Å². The van der Waals surface area contributed by atoms with Crippen LogP contribution in [0.2, 0.25) is 10.0 Å². The third-order valence-corrected chi connectivity index (χ3v) is 3.97. The molecule has 0 aliphatic heterocycles. The molecule has 21 heavy (non-hydrogen) atoms. The van der Waals surface area contributed by atoms with Crippen LogP contribution in [0.5, 0.6) is 0 Å². The van der Waals surface area contributed by atoms with Crippen molar-refractivity contribution in [3.8, 4) is 22.6 Å². The summed E-state index contributed by atoms with van der Waals surface area (Å²) in [6, 6.07) is 17.1. The van der Waals surface area contributed by atoms with Crippen molar-refractivity contribution in [2.24, 2.45) is 0 Å². The highest BCUT2D eigenvalue weighted by Crippen LogP contribution is 2.28. The van der Waals surface area contributed by atoms with Crippen LogP contribution in [0.25, 0.3) is 22.6 Å². The fourth-order valence-corrected chi connectivity index (χ4v) is 2.52. The first-order valence-electron chi connectivity index (χ1n) is 6.26. The molecule has 1 N–H and O–H groups in total. The predicted molar refractivity (Wildman–Crippen MR) is 90.3 cm³/mol. The highest BCUT2D eigenvalue weighted by molar-refractivity contribution is 7.71. The minimum absolute atomic E-state index is 0.506. The lowest BCUT2D eigenvalue weighted by Crippen LogP contribution is -1.92. The van der Waals surface area contributed by atoms with Crippen LogP contribution in [-0.2, 0) is 0 Å². The molecule has 0 atom stereocenters. The average molecular weight is 333 g/mol. The number of hydrogen-bond donors (Lipinski definition) is 1. The van der Waals surface area contributed by atoms with Gasteiger partial charge in [0.05, 0.1) is 15.7 Å². The Morgan fingerprint density at radius 2 is 1.62 bits per heavy atom. The van der Waals surface area contributed by atoms with Gasteiger partial charge in [0.25, 0.3) is 0 Å². The lowest BCUT2D eigenvalue weighted by atomic mass is 10.1. The van der Waals surface area contributed by atoms with Crippen molar-refractivity contribution in [1.29, 1.82) is 0 Å². The molecule has 5 heteroatoms. The van der Waals surface area contributed by atoms with Gasteiger partial charge in [0, 0.05) is 5.56 Å². The first-order chi connectivity index (χ1) is 10.1. The van der Waals surface area contributed by atoms with Gasteiger partial charge in [-0.1, -0.05) is 71.8 Å². The molecule has 0 spiro atoms. The second-order valence-corrected chi connectivity index (χ2v) is 5.71. The fraction of sp³-hybridized carbons (Fsp3) is 0.